The first kappa shape index (κ1) is 17.8. The molecular formula is C24H21F3. The van der Waals surface area contributed by atoms with Crippen LogP contribution in [0.2, 0.25) is 0 Å². The second-order valence-electron chi connectivity index (χ2n) is 7.26. The van der Waals surface area contributed by atoms with E-state index < -0.39 is 11.6 Å². The first-order chi connectivity index (χ1) is 13.0. The molecule has 0 nitrogen and oxygen atoms in total. The quantitative estimate of drug-likeness (QED) is 0.489. The molecule has 3 heteroatoms. The first-order valence-corrected chi connectivity index (χ1v) is 9.40. The molecule has 0 radical (unpaired) electrons. The highest BCUT2D eigenvalue weighted by molar-refractivity contribution is 5.66. The zero-order valence-corrected chi connectivity index (χ0v) is 15.2. The summed E-state index contributed by atoms with van der Waals surface area (Å²) in [6, 6.07) is 15.6. The Bertz CT molecular complexity index is 974. The molecule has 0 spiro atoms. The fourth-order valence-corrected chi connectivity index (χ4v) is 3.97. The second kappa shape index (κ2) is 7.22. The number of benzene rings is 3. The van der Waals surface area contributed by atoms with Crippen molar-refractivity contribution < 1.29 is 13.2 Å². The van der Waals surface area contributed by atoms with Crippen molar-refractivity contribution in [1.82, 2.24) is 0 Å². The highest BCUT2D eigenvalue weighted by Crippen LogP contribution is 2.36. The number of hydrogen-bond acceptors (Lipinski definition) is 0. The highest BCUT2D eigenvalue weighted by Gasteiger charge is 2.22. The summed E-state index contributed by atoms with van der Waals surface area (Å²) in [6.45, 7) is 2.14. The topological polar surface area (TPSA) is 0 Å². The third-order valence-corrected chi connectivity index (χ3v) is 5.61. The number of rotatable bonds is 3. The Morgan fingerprint density at radius 1 is 0.815 bits per heavy atom. The van der Waals surface area contributed by atoms with Crippen molar-refractivity contribution in [2.45, 2.75) is 38.5 Å². The normalized spacial score (nSPS) is 16.2. The van der Waals surface area contributed by atoms with Gasteiger partial charge in [-0.15, -0.1) is 0 Å². The van der Waals surface area contributed by atoms with Gasteiger partial charge in [0.25, 0.3) is 0 Å². The van der Waals surface area contributed by atoms with Gasteiger partial charge in [-0.2, -0.15) is 0 Å². The van der Waals surface area contributed by atoms with Crippen LogP contribution in [0.1, 0.15) is 41.5 Å². The lowest BCUT2D eigenvalue weighted by molar-refractivity contribution is 0.509. The van der Waals surface area contributed by atoms with Crippen LogP contribution in [0.4, 0.5) is 13.2 Å². The van der Waals surface area contributed by atoms with E-state index in [2.05, 4.69) is 31.2 Å². The van der Waals surface area contributed by atoms with Crippen LogP contribution in [0.25, 0.3) is 11.1 Å². The molecule has 0 aliphatic heterocycles. The second-order valence-corrected chi connectivity index (χ2v) is 7.26. The van der Waals surface area contributed by atoms with Crippen molar-refractivity contribution in [2.75, 3.05) is 0 Å². The smallest absolute Gasteiger partial charge is 0.159 e. The molecule has 1 unspecified atom stereocenters. The van der Waals surface area contributed by atoms with E-state index in [0.717, 1.165) is 48.9 Å². The van der Waals surface area contributed by atoms with Crippen molar-refractivity contribution in [1.29, 1.82) is 0 Å². The third-order valence-electron chi connectivity index (χ3n) is 5.61. The van der Waals surface area contributed by atoms with Gasteiger partial charge in [-0.05, 0) is 83.7 Å². The van der Waals surface area contributed by atoms with Gasteiger partial charge in [-0.3, -0.25) is 0 Å². The van der Waals surface area contributed by atoms with Crippen molar-refractivity contribution in [2.24, 2.45) is 0 Å². The zero-order chi connectivity index (χ0) is 19.0. The minimum absolute atomic E-state index is 0.332. The summed E-state index contributed by atoms with van der Waals surface area (Å²) < 4.78 is 41.4. The van der Waals surface area contributed by atoms with Crippen LogP contribution >= 0.6 is 0 Å². The van der Waals surface area contributed by atoms with Crippen LogP contribution in [-0.4, -0.2) is 0 Å². The highest BCUT2D eigenvalue weighted by atomic mass is 19.2. The monoisotopic (exact) mass is 366 g/mol. The van der Waals surface area contributed by atoms with Crippen molar-refractivity contribution in [3.8, 4) is 11.1 Å². The number of halogens is 3. The number of fused-ring (bicyclic) bond motifs is 1. The van der Waals surface area contributed by atoms with Crippen LogP contribution in [0.15, 0.2) is 54.6 Å². The van der Waals surface area contributed by atoms with Gasteiger partial charge in [0.15, 0.2) is 11.6 Å². The van der Waals surface area contributed by atoms with E-state index >= 15 is 0 Å². The molecule has 0 saturated heterocycles. The molecule has 4 rings (SSSR count). The van der Waals surface area contributed by atoms with E-state index in [1.54, 1.807) is 12.1 Å². The van der Waals surface area contributed by atoms with E-state index in [0.29, 0.717) is 17.0 Å². The van der Waals surface area contributed by atoms with E-state index in [1.807, 2.05) is 0 Å². The van der Waals surface area contributed by atoms with Crippen LogP contribution in [0, 0.1) is 17.5 Å². The van der Waals surface area contributed by atoms with Gasteiger partial charge < -0.3 is 0 Å². The summed E-state index contributed by atoms with van der Waals surface area (Å²) in [7, 11) is 0. The Hall–Kier alpha value is -2.55. The minimum Gasteiger partial charge on any atom is -0.206 e. The molecule has 3 aromatic rings. The molecule has 0 aromatic heterocycles. The van der Waals surface area contributed by atoms with Crippen LogP contribution in [0.3, 0.4) is 0 Å². The van der Waals surface area contributed by atoms with Gasteiger partial charge in [0.1, 0.15) is 5.82 Å². The summed E-state index contributed by atoms with van der Waals surface area (Å²) in [5.74, 6) is -1.88. The molecule has 0 fully saturated rings. The molecule has 0 heterocycles. The fraction of sp³-hybridized carbons (Fsp3) is 0.250. The summed E-state index contributed by atoms with van der Waals surface area (Å²) >= 11 is 0. The largest absolute Gasteiger partial charge is 0.206 e. The Balaban J connectivity index is 1.63. The lowest BCUT2D eigenvalue weighted by Crippen LogP contribution is -2.13. The molecular weight excluding hydrogens is 345 g/mol. The average molecular weight is 366 g/mol. The van der Waals surface area contributed by atoms with E-state index in [-0.39, 0.29) is 5.82 Å². The van der Waals surface area contributed by atoms with Crippen LogP contribution < -0.4 is 0 Å². The molecule has 1 aliphatic carbocycles. The predicted molar refractivity (Wildman–Crippen MR) is 102 cm³/mol. The van der Waals surface area contributed by atoms with E-state index in [4.69, 9.17) is 0 Å². The first-order valence-electron chi connectivity index (χ1n) is 9.40. The summed E-state index contributed by atoms with van der Waals surface area (Å²) in [6.07, 6.45) is 3.68. The lowest BCUT2D eigenvalue weighted by atomic mass is 9.79. The molecule has 1 aliphatic rings. The van der Waals surface area contributed by atoms with Crippen molar-refractivity contribution in [3.05, 3.63) is 94.3 Å². The maximum Gasteiger partial charge on any atom is 0.159 e. The van der Waals surface area contributed by atoms with E-state index in [9.17, 15) is 13.2 Å². The Morgan fingerprint density at radius 2 is 1.59 bits per heavy atom. The van der Waals surface area contributed by atoms with Gasteiger partial charge in [0, 0.05) is 5.56 Å². The van der Waals surface area contributed by atoms with Gasteiger partial charge in [0.2, 0.25) is 0 Å². The number of hydrogen-bond donors (Lipinski definition) is 0. The Kier molecular flexibility index (Phi) is 4.77. The SMILES string of the molecule is CCc1ccc(C2CCc3cc(-c4ccc(F)c(F)c4)c(F)cc3C2)cc1. The third kappa shape index (κ3) is 3.51. The maximum absolute atomic E-state index is 14.7. The number of aryl methyl sites for hydroxylation is 2. The molecule has 0 N–H and O–H groups in total. The fourth-order valence-electron chi connectivity index (χ4n) is 3.97. The van der Waals surface area contributed by atoms with Crippen molar-refractivity contribution >= 4 is 0 Å². The molecule has 0 amide bonds. The van der Waals surface area contributed by atoms with E-state index in [1.165, 1.54) is 17.2 Å². The maximum atomic E-state index is 14.7. The molecule has 138 valence electrons. The molecule has 3 aromatic carbocycles. The molecule has 0 saturated carbocycles. The summed E-state index contributed by atoms with van der Waals surface area (Å²) in [4.78, 5) is 0. The molecule has 27 heavy (non-hydrogen) atoms. The lowest BCUT2D eigenvalue weighted by Gasteiger charge is -2.26. The molecule has 0 bridgehead atoms. The van der Waals surface area contributed by atoms with Crippen molar-refractivity contribution in [3.63, 3.8) is 0 Å². The zero-order valence-electron chi connectivity index (χ0n) is 15.2. The van der Waals surface area contributed by atoms with Crippen LogP contribution in [-0.2, 0) is 19.3 Å². The van der Waals surface area contributed by atoms with Gasteiger partial charge in [0.05, 0.1) is 0 Å². The van der Waals surface area contributed by atoms with Gasteiger partial charge >= 0.3 is 0 Å². The summed E-state index contributed by atoms with van der Waals surface area (Å²) in [5.41, 5.74) is 5.41. The predicted octanol–water partition coefficient (Wildman–Crippen LogP) is 6.61. The standard InChI is InChI=1S/C24H21F3/c1-2-15-3-5-16(6-4-15)17-7-8-18-12-21(23(26)14-20(18)11-17)19-9-10-22(25)24(27)13-19/h3-6,9-10,12-14,17H,2,7-8,11H2,1H3. The van der Waals surface area contributed by atoms with Gasteiger partial charge in [-0.1, -0.05) is 37.3 Å². The Labute approximate surface area is 157 Å². The summed E-state index contributed by atoms with van der Waals surface area (Å²) in [5, 5.41) is 0. The average Bonchev–Trinajstić information content (AvgIpc) is 2.69. The Morgan fingerprint density at radius 3 is 2.30 bits per heavy atom. The minimum atomic E-state index is -0.958. The van der Waals surface area contributed by atoms with Crippen LogP contribution in [0.5, 0.6) is 0 Å². The molecule has 1 atom stereocenters. The van der Waals surface area contributed by atoms with Gasteiger partial charge in [-0.25, -0.2) is 13.2 Å².